The Balaban J connectivity index is 1.84. The summed E-state index contributed by atoms with van der Waals surface area (Å²) in [6.07, 6.45) is 0. The minimum atomic E-state index is -0.189. The van der Waals surface area contributed by atoms with E-state index in [1.54, 1.807) is 0 Å². The Morgan fingerprint density at radius 2 is 1.72 bits per heavy atom. The first-order valence-electron chi connectivity index (χ1n) is 6.37. The predicted molar refractivity (Wildman–Crippen MR) is 72.1 cm³/mol. The van der Waals surface area contributed by atoms with Gasteiger partial charge in [-0.25, -0.2) is 4.39 Å². The zero-order valence-electron chi connectivity index (χ0n) is 10.6. The van der Waals surface area contributed by atoms with Crippen molar-refractivity contribution in [3.63, 3.8) is 0 Å². The molecule has 0 amide bonds. The lowest BCUT2D eigenvalue weighted by Crippen LogP contribution is -2.51. The standard InChI is InChI=1S/C13H21FN4/c14-11-1-3-13(4-2-11)18-7-5-17(6-8-18)10-12(16)9-15/h1-4,12H,5-10,15-16H2. The molecule has 0 radical (unpaired) electrons. The lowest BCUT2D eigenvalue weighted by molar-refractivity contribution is 0.244. The van der Waals surface area contributed by atoms with Crippen LogP contribution in [-0.2, 0) is 0 Å². The van der Waals surface area contributed by atoms with Crippen molar-refractivity contribution >= 4 is 5.69 Å². The molecule has 0 saturated carbocycles. The van der Waals surface area contributed by atoms with Crippen LogP contribution in [0.5, 0.6) is 0 Å². The van der Waals surface area contributed by atoms with Crippen LogP contribution in [0.15, 0.2) is 24.3 Å². The lowest BCUT2D eigenvalue weighted by atomic mass is 10.2. The molecule has 18 heavy (non-hydrogen) atoms. The van der Waals surface area contributed by atoms with E-state index in [2.05, 4.69) is 9.80 Å². The fourth-order valence-corrected chi connectivity index (χ4v) is 2.25. The van der Waals surface area contributed by atoms with Gasteiger partial charge in [-0.2, -0.15) is 0 Å². The summed E-state index contributed by atoms with van der Waals surface area (Å²) in [5.74, 6) is -0.189. The van der Waals surface area contributed by atoms with E-state index in [0.717, 1.165) is 38.4 Å². The van der Waals surface area contributed by atoms with Gasteiger partial charge < -0.3 is 16.4 Å². The van der Waals surface area contributed by atoms with Crippen molar-refractivity contribution in [2.45, 2.75) is 6.04 Å². The van der Waals surface area contributed by atoms with Crippen molar-refractivity contribution in [2.24, 2.45) is 11.5 Å². The summed E-state index contributed by atoms with van der Waals surface area (Å²) in [5, 5.41) is 0. The normalized spacial score (nSPS) is 18.9. The molecule has 1 aliphatic heterocycles. The molecule has 1 aromatic carbocycles. The maximum atomic E-state index is 12.8. The monoisotopic (exact) mass is 252 g/mol. The zero-order chi connectivity index (χ0) is 13.0. The third-order valence-electron chi connectivity index (χ3n) is 3.36. The molecule has 1 heterocycles. The highest BCUT2D eigenvalue weighted by atomic mass is 19.1. The fourth-order valence-electron chi connectivity index (χ4n) is 2.25. The van der Waals surface area contributed by atoms with Crippen LogP contribution in [0.1, 0.15) is 0 Å². The fraction of sp³-hybridized carbons (Fsp3) is 0.538. The highest BCUT2D eigenvalue weighted by molar-refractivity contribution is 5.46. The van der Waals surface area contributed by atoms with Gasteiger partial charge in [0, 0.05) is 51.0 Å². The van der Waals surface area contributed by atoms with Crippen molar-refractivity contribution in [3.05, 3.63) is 30.1 Å². The Labute approximate surface area is 107 Å². The molecule has 0 spiro atoms. The van der Waals surface area contributed by atoms with E-state index in [0.29, 0.717) is 6.54 Å². The maximum absolute atomic E-state index is 12.8. The molecule has 1 aliphatic rings. The predicted octanol–water partition coefficient (Wildman–Crippen LogP) is 0.234. The molecule has 4 N–H and O–H groups in total. The summed E-state index contributed by atoms with van der Waals surface area (Å²) in [4.78, 5) is 4.60. The number of hydrogen-bond donors (Lipinski definition) is 2. The van der Waals surface area contributed by atoms with Crippen molar-refractivity contribution < 1.29 is 4.39 Å². The van der Waals surface area contributed by atoms with Crippen LogP contribution in [0.3, 0.4) is 0 Å². The zero-order valence-corrected chi connectivity index (χ0v) is 10.6. The summed E-state index contributed by atoms with van der Waals surface area (Å²) >= 11 is 0. The molecule has 1 unspecified atom stereocenters. The van der Waals surface area contributed by atoms with Crippen LogP contribution >= 0.6 is 0 Å². The van der Waals surface area contributed by atoms with Crippen LogP contribution in [0.2, 0.25) is 0 Å². The molecule has 2 rings (SSSR count). The number of piperazine rings is 1. The molecule has 5 heteroatoms. The molecule has 1 saturated heterocycles. The first kappa shape index (κ1) is 13.3. The molecular formula is C13H21FN4. The SMILES string of the molecule is NCC(N)CN1CCN(c2ccc(F)cc2)CC1. The number of benzene rings is 1. The van der Waals surface area contributed by atoms with E-state index < -0.39 is 0 Å². The Hall–Kier alpha value is -1.17. The Morgan fingerprint density at radius 3 is 2.28 bits per heavy atom. The van der Waals surface area contributed by atoms with E-state index in [9.17, 15) is 4.39 Å². The molecule has 4 nitrogen and oxygen atoms in total. The minimum absolute atomic E-state index is 0.0578. The van der Waals surface area contributed by atoms with Gasteiger partial charge in [-0.05, 0) is 24.3 Å². The molecule has 0 aliphatic carbocycles. The van der Waals surface area contributed by atoms with Gasteiger partial charge in [-0.15, -0.1) is 0 Å². The van der Waals surface area contributed by atoms with Gasteiger partial charge in [-0.1, -0.05) is 0 Å². The van der Waals surface area contributed by atoms with Crippen molar-refractivity contribution in [1.29, 1.82) is 0 Å². The highest BCUT2D eigenvalue weighted by Crippen LogP contribution is 2.16. The number of anilines is 1. The number of nitrogens with zero attached hydrogens (tertiary/aromatic N) is 2. The average Bonchev–Trinajstić information content (AvgIpc) is 2.40. The summed E-state index contributed by atoms with van der Waals surface area (Å²) in [7, 11) is 0. The molecule has 1 fully saturated rings. The van der Waals surface area contributed by atoms with E-state index in [1.807, 2.05) is 12.1 Å². The van der Waals surface area contributed by atoms with Gasteiger partial charge in [-0.3, -0.25) is 4.90 Å². The van der Waals surface area contributed by atoms with Crippen molar-refractivity contribution in [1.82, 2.24) is 4.90 Å². The van der Waals surface area contributed by atoms with Crippen molar-refractivity contribution in [3.8, 4) is 0 Å². The van der Waals surface area contributed by atoms with Crippen LogP contribution in [0.25, 0.3) is 0 Å². The van der Waals surface area contributed by atoms with E-state index in [4.69, 9.17) is 11.5 Å². The largest absolute Gasteiger partial charge is 0.369 e. The first-order chi connectivity index (χ1) is 8.69. The number of halogens is 1. The van der Waals surface area contributed by atoms with Crippen LogP contribution < -0.4 is 16.4 Å². The summed E-state index contributed by atoms with van der Waals surface area (Å²) in [6.45, 7) is 5.23. The quantitative estimate of drug-likeness (QED) is 0.805. The third kappa shape index (κ3) is 3.41. The summed E-state index contributed by atoms with van der Waals surface area (Å²) in [6, 6.07) is 6.73. The first-order valence-corrected chi connectivity index (χ1v) is 6.37. The van der Waals surface area contributed by atoms with E-state index in [1.165, 1.54) is 12.1 Å². The van der Waals surface area contributed by atoms with Gasteiger partial charge in [0.15, 0.2) is 0 Å². The van der Waals surface area contributed by atoms with E-state index in [-0.39, 0.29) is 11.9 Å². The maximum Gasteiger partial charge on any atom is 0.123 e. The second kappa shape index (κ2) is 6.13. The second-order valence-electron chi connectivity index (χ2n) is 4.76. The van der Waals surface area contributed by atoms with Gasteiger partial charge >= 0.3 is 0 Å². The van der Waals surface area contributed by atoms with Gasteiger partial charge in [0.05, 0.1) is 0 Å². The molecular weight excluding hydrogens is 231 g/mol. The van der Waals surface area contributed by atoms with Gasteiger partial charge in [0.1, 0.15) is 5.82 Å². The highest BCUT2D eigenvalue weighted by Gasteiger charge is 2.18. The second-order valence-corrected chi connectivity index (χ2v) is 4.76. The molecule has 0 bridgehead atoms. The van der Waals surface area contributed by atoms with Gasteiger partial charge in [0.2, 0.25) is 0 Å². The Kier molecular flexibility index (Phi) is 4.52. The van der Waals surface area contributed by atoms with E-state index >= 15 is 0 Å². The molecule has 100 valence electrons. The Morgan fingerprint density at radius 1 is 1.11 bits per heavy atom. The van der Waals surface area contributed by atoms with Crippen LogP contribution in [-0.4, -0.2) is 50.2 Å². The molecule has 1 aromatic rings. The van der Waals surface area contributed by atoms with Crippen LogP contribution in [0, 0.1) is 5.82 Å². The summed E-state index contributed by atoms with van der Waals surface area (Å²) < 4.78 is 12.8. The Bertz CT molecular complexity index is 360. The van der Waals surface area contributed by atoms with Crippen LogP contribution in [0.4, 0.5) is 10.1 Å². The average molecular weight is 252 g/mol. The number of rotatable bonds is 4. The lowest BCUT2D eigenvalue weighted by Gasteiger charge is -2.37. The minimum Gasteiger partial charge on any atom is -0.369 e. The summed E-state index contributed by atoms with van der Waals surface area (Å²) in [5.41, 5.74) is 12.5. The topological polar surface area (TPSA) is 58.5 Å². The smallest absolute Gasteiger partial charge is 0.123 e. The number of hydrogen-bond acceptors (Lipinski definition) is 4. The van der Waals surface area contributed by atoms with Gasteiger partial charge in [0.25, 0.3) is 0 Å². The molecule has 0 aromatic heterocycles. The molecule has 1 atom stereocenters. The van der Waals surface area contributed by atoms with Crippen molar-refractivity contribution in [2.75, 3.05) is 44.2 Å². The third-order valence-corrected chi connectivity index (χ3v) is 3.36. The number of nitrogens with two attached hydrogens (primary N) is 2.